The van der Waals surface area contributed by atoms with Gasteiger partial charge in [-0.25, -0.2) is 9.59 Å². The summed E-state index contributed by atoms with van der Waals surface area (Å²) in [6.45, 7) is 2.88. The smallest absolute Gasteiger partial charge is 0.344 e. The molecule has 1 fully saturated rings. The number of hydrogen-bond acceptors (Lipinski definition) is 5. The summed E-state index contributed by atoms with van der Waals surface area (Å²) in [6, 6.07) is 14.8. The van der Waals surface area contributed by atoms with Crippen LogP contribution in [-0.2, 0) is 19.9 Å². The zero-order valence-corrected chi connectivity index (χ0v) is 16.1. The molecule has 8 heteroatoms. The molecule has 0 spiro atoms. The molecule has 2 N–H and O–H groups in total. The summed E-state index contributed by atoms with van der Waals surface area (Å²) in [5.41, 5.74) is 2.62. The van der Waals surface area contributed by atoms with Gasteiger partial charge >= 0.3 is 12.0 Å². The molecule has 1 saturated heterocycles. The normalized spacial score (nSPS) is 18.3. The fourth-order valence-corrected chi connectivity index (χ4v) is 3.21. The molecule has 4 amide bonds. The Morgan fingerprint density at radius 3 is 2.38 bits per heavy atom. The number of imide groups is 1. The highest BCUT2D eigenvalue weighted by Gasteiger charge is 2.52. The summed E-state index contributed by atoms with van der Waals surface area (Å²) >= 11 is 0. The second kappa shape index (κ2) is 8.14. The lowest BCUT2D eigenvalue weighted by Crippen LogP contribution is -2.49. The second-order valence-corrected chi connectivity index (χ2v) is 6.62. The number of nitrogens with one attached hydrogen (secondary N) is 2. The lowest BCUT2D eigenvalue weighted by molar-refractivity contribution is -0.140. The van der Waals surface area contributed by atoms with Crippen molar-refractivity contribution in [3.05, 3.63) is 71.3 Å². The summed E-state index contributed by atoms with van der Waals surface area (Å²) in [4.78, 5) is 49.6. The zero-order chi connectivity index (χ0) is 21.0. The standard InChI is InChI=1S/C21H21N3O5/c1-3-21(15-10-5-4-6-11-15)19(27)24(20(28)22-21)23-17(25)13-29-18(26)16-12-8-7-9-14(16)2/h4-12H,3,13H2,1-2H3,(H,22,28)(H,23,25)/t21-/m1/s1. The molecule has 0 unspecified atom stereocenters. The molecule has 0 aliphatic carbocycles. The van der Waals surface area contributed by atoms with Gasteiger partial charge in [-0.15, -0.1) is 0 Å². The highest BCUT2D eigenvalue weighted by atomic mass is 16.5. The predicted octanol–water partition coefficient (Wildman–Crippen LogP) is 2.04. The number of aryl methyl sites for hydroxylation is 1. The van der Waals surface area contributed by atoms with Crippen LogP contribution in [0.3, 0.4) is 0 Å². The van der Waals surface area contributed by atoms with E-state index in [0.29, 0.717) is 28.1 Å². The van der Waals surface area contributed by atoms with E-state index in [1.165, 1.54) is 0 Å². The molecule has 2 aromatic carbocycles. The van der Waals surface area contributed by atoms with Crippen LogP contribution >= 0.6 is 0 Å². The zero-order valence-electron chi connectivity index (χ0n) is 16.1. The second-order valence-electron chi connectivity index (χ2n) is 6.62. The van der Waals surface area contributed by atoms with Gasteiger partial charge in [0.15, 0.2) is 6.61 Å². The molecule has 1 aliphatic rings. The van der Waals surface area contributed by atoms with Crippen LogP contribution in [0.4, 0.5) is 4.79 Å². The van der Waals surface area contributed by atoms with Crippen LogP contribution in [0, 0.1) is 6.92 Å². The first-order valence-corrected chi connectivity index (χ1v) is 9.13. The Hall–Kier alpha value is -3.68. The number of urea groups is 1. The van der Waals surface area contributed by atoms with E-state index in [4.69, 9.17) is 4.74 Å². The van der Waals surface area contributed by atoms with E-state index in [1.54, 1.807) is 68.4 Å². The maximum atomic E-state index is 12.9. The maximum Gasteiger partial charge on any atom is 0.344 e. The molecule has 0 saturated carbocycles. The van der Waals surface area contributed by atoms with Gasteiger partial charge in [0.2, 0.25) is 0 Å². The number of ether oxygens (including phenoxy) is 1. The predicted molar refractivity (Wildman–Crippen MR) is 103 cm³/mol. The molecule has 3 rings (SSSR count). The molecule has 0 bridgehead atoms. The van der Waals surface area contributed by atoms with Crippen LogP contribution in [0.15, 0.2) is 54.6 Å². The first kappa shape index (κ1) is 20.1. The SMILES string of the molecule is CC[C@]1(c2ccccc2)NC(=O)N(NC(=O)COC(=O)c2ccccc2C)C1=O. The lowest BCUT2D eigenvalue weighted by Gasteiger charge is -2.25. The summed E-state index contributed by atoms with van der Waals surface area (Å²) in [5, 5.41) is 3.28. The van der Waals surface area contributed by atoms with Crippen LogP contribution in [0.1, 0.15) is 34.8 Å². The first-order chi connectivity index (χ1) is 13.9. The van der Waals surface area contributed by atoms with Crippen molar-refractivity contribution >= 4 is 23.8 Å². The Labute approximate surface area is 167 Å². The number of hydrogen-bond donors (Lipinski definition) is 2. The molecule has 29 heavy (non-hydrogen) atoms. The van der Waals surface area contributed by atoms with E-state index in [0.717, 1.165) is 0 Å². The van der Waals surface area contributed by atoms with Gasteiger partial charge in [-0.05, 0) is 30.5 Å². The quantitative estimate of drug-likeness (QED) is 0.575. The van der Waals surface area contributed by atoms with Crippen LogP contribution in [0.5, 0.6) is 0 Å². The number of esters is 1. The van der Waals surface area contributed by atoms with Crippen molar-refractivity contribution < 1.29 is 23.9 Å². The summed E-state index contributed by atoms with van der Waals surface area (Å²) < 4.78 is 4.99. The van der Waals surface area contributed by atoms with E-state index in [1.807, 2.05) is 0 Å². The lowest BCUT2D eigenvalue weighted by atomic mass is 9.87. The van der Waals surface area contributed by atoms with Crippen LogP contribution in [-0.4, -0.2) is 35.4 Å². The summed E-state index contributed by atoms with van der Waals surface area (Å²) in [7, 11) is 0. The molecule has 150 valence electrons. The Kier molecular flexibility index (Phi) is 5.63. The average Bonchev–Trinajstić information content (AvgIpc) is 2.98. The Balaban J connectivity index is 1.66. The van der Waals surface area contributed by atoms with Crippen LogP contribution < -0.4 is 10.7 Å². The van der Waals surface area contributed by atoms with E-state index in [9.17, 15) is 19.2 Å². The Morgan fingerprint density at radius 2 is 1.72 bits per heavy atom. The van der Waals surface area contributed by atoms with Crippen molar-refractivity contribution in [2.45, 2.75) is 25.8 Å². The van der Waals surface area contributed by atoms with E-state index in [2.05, 4.69) is 10.7 Å². The van der Waals surface area contributed by atoms with E-state index < -0.39 is 36.0 Å². The number of carbonyl (C=O) groups is 4. The van der Waals surface area contributed by atoms with Crippen molar-refractivity contribution in [1.82, 2.24) is 15.8 Å². The minimum Gasteiger partial charge on any atom is -0.452 e. The molecule has 0 aromatic heterocycles. The Bertz CT molecular complexity index is 960. The molecule has 1 aliphatic heterocycles. The van der Waals surface area contributed by atoms with Crippen LogP contribution in [0.2, 0.25) is 0 Å². The molecule has 2 aromatic rings. The summed E-state index contributed by atoms with van der Waals surface area (Å²) in [5.74, 6) is -2.06. The highest BCUT2D eigenvalue weighted by molar-refractivity contribution is 6.08. The topological polar surface area (TPSA) is 105 Å². The fourth-order valence-electron chi connectivity index (χ4n) is 3.21. The highest BCUT2D eigenvalue weighted by Crippen LogP contribution is 2.31. The van der Waals surface area contributed by atoms with E-state index >= 15 is 0 Å². The molecular formula is C21H21N3O5. The van der Waals surface area contributed by atoms with Crippen molar-refractivity contribution in [1.29, 1.82) is 0 Å². The van der Waals surface area contributed by atoms with Gasteiger partial charge in [-0.3, -0.25) is 15.0 Å². The van der Waals surface area contributed by atoms with Gasteiger partial charge in [0.05, 0.1) is 5.56 Å². The van der Waals surface area contributed by atoms with Gasteiger partial charge in [0.25, 0.3) is 11.8 Å². The number of carbonyl (C=O) groups excluding carboxylic acids is 4. The van der Waals surface area contributed by atoms with Crippen LogP contribution in [0.25, 0.3) is 0 Å². The van der Waals surface area contributed by atoms with Gasteiger partial charge in [-0.2, -0.15) is 5.01 Å². The monoisotopic (exact) mass is 395 g/mol. The van der Waals surface area contributed by atoms with Crippen molar-refractivity contribution in [2.75, 3.05) is 6.61 Å². The van der Waals surface area contributed by atoms with Crippen molar-refractivity contribution in [3.63, 3.8) is 0 Å². The number of benzene rings is 2. The number of nitrogens with zero attached hydrogens (tertiary/aromatic N) is 1. The number of amides is 4. The minimum absolute atomic E-state index is 0.302. The third-order valence-electron chi connectivity index (χ3n) is 4.82. The maximum absolute atomic E-state index is 12.9. The Morgan fingerprint density at radius 1 is 1.07 bits per heavy atom. The third-order valence-corrected chi connectivity index (χ3v) is 4.82. The minimum atomic E-state index is -1.26. The van der Waals surface area contributed by atoms with Gasteiger partial charge in [0.1, 0.15) is 5.54 Å². The molecule has 1 heterocycles. The fraction of sp³-hybridized carbons (Fsp3) is 0.238. The van der Waals surface area contributed by atoms with Gasteiger partial charge in [0, 0.05) is 0 Å². The van der Waals surface area contributed by atoms with Gasteiger partial charge < -0.3 is 10.1 Å². The number of rotatable bonds is 6. The largest absolute Gasteiger partial charge is 0.452 e. The molecule has 8 nitrogen and oxygen atoms in total. The first-order valence-electron chi connectivity index (χ1n) is 9.13. The van der Waals surface area contributed by atoms with Crippen molar-refractivity contribution in [2.24, 2.45) is 0 Å². The molecular weight excluding hydrogens is 374 g/mol. The molecule has 1 atom stereocenters. The third kappa shape index (κ3) is 3.82. The van der Waals surface area contributed by atoms with Gasteiger partial charge in [-0.1, -0.05) is 55.5 Å². The van der Waals surface area contributed by atoms with E-state index in [-0.39, 0.29) is 0 Å². The average molecular weight is 395 g/mol. The molecule has 0 radical (unpaired) electrons. The summed E-state index contributed by atoms with van der Waals surface area (Å²) in [6.07, 6.45) is 0.302. The number of hydrazine groups is 1. The van der Waals surface area contributed by atoms with Crippen molar-refractivity contribution in [3.8, 4) is 0 Å².